The lowest BCUT2D eigenvalue weighted by atomic mass is 10.2. The number of aldehydes is 1. The second-order valence-corrected chi connectivity index (χ2v) is 4.13. The smallest absolute Gasteiger partial charge is 0.169 e. The Morgan fingerprint density at radius 1 is 1.11 bits per heavy atom. The van der Waals surface area contributed by atoms with Gasteiger partial charge in [-0.2, -0.15) is 0 Å². The van der Waals surface area contributed by atoms with Gasteiger partial charge in [-0.25, -0.2) is 4.39 Å². The molecule has 0 spiro atoms. The first-order chi connectivity index (χ1) is 9.13. The lowest BCUT2D eigenvalue weighted by molar-refractivity contribution is 0.112. The molecule has 0 unspecified atom stereocenters. The van der Waals surface area contributed by atoms with E-state index in [1.165, 1.54) is 31.4 Å². The summed E-state index contributed by atoms with van der Waals surface area (Å²) in [6, 6.07) is 8.52. The van der Waals surface area contributed by atoms with E-state index in [4.69, 9.17) is 21.1 Å². The van der Waals surface area contributed by atoms with Crippen LogP contribution in [0.5, 0.6) is 17.2 Å². The fraction of sp³-hybridized carbons (Fsp3) is 0.0714. The number of hydrogen-bond acceptors (Lipinski definition) is 3. The molecule has 19 heavy (non-hydrogen) atoms. The van der Waals surface area contributed by atoms with Crippen molar-refractivity contribution in [3.63, 3.8) is 0 Å². The van der Waals surface area contributed by atoms with E-state index in [2.05, 4.69) is 0 Å². The molecule has 98 valence electrons. The summed E-state index contributed by atoms with van der Waals surface area (Å²) in [6.45, 7) is 0. The maximum Gasteiger partial charge on any atom is 0.169 e. The van der Waals surface area contributed by atoms with Crippen molar-refractivity contribution >= 4 is 17.9 Å². The number of methoxy groups -OCH3 is 1. The van der Waals surface area contributed by atoms with Gasteiger partial charge in [0.1, 0.15) is 11.6 Å². The van der Waals surface area contributed by atoms with Gasteiger partial charge >= 0.3 is 0 Å². The molecule has 0 heterocycles. The van der Waals surface area contributed by atoms with Crippen molar-refractivity contribution < 1.29 is 18.7 Å². The molecule has 0 bridgehead atoms. The van der Waals surface area contributed by atoms with Crippen LogP contribution in [0.25, 0.3) is 0 Å². The average Bonchev–Trinajstić information content (AvgIpc) is 2.42. The summed E-state index contributed by atoms with van der Waals surface area (Å²) in [6.07, 6.45) is 0.636. The molecule has 2 aromatic rings. The highest BCUT2D eigenvalue weighted by molar-refractivity contribution is 6.30. The highest BCUT2D eigenvalue weighted by Crippen LogP contribution is 2.33. The minimum atomic E-state index is -0.434. The van der Waals surface area contributed by atoms with E-state index in [0.717, 1.165) is 0 Å². The van der Waals surface area contributed by atoms with Crippen molar-refractivity contribution in [2.75, 3.05) is 7.11 Å². The molecule has 0 atom stereocenters. The Bertz CT molecular complexity index is 614. The molecule has 0 fully saturated rings. The summed E-state index contributed by atoms with van der Waals surface area (Å²) in [5.74, 6) is 0.446. The number of halogens is 2. The van der Waals surface area contributed by atoms with Crippen molar-refractivity contribution in [1.82, 2.24) is 0 Å². The monoisotopic (exact) mass is 280 g/mol. The highest BCUT2D eigenvalue weighted by Gasteiger charge is 2.10. The molecule has 0 aliphatic heterocycles. The van der Waals surface area contributed by atoms with Crippen LogP contribution in [0, 0.1) is 5.82 Å². The second-order valence-electron chi connectivity index (χ2n) is 3.70. The number of benzene rings is 2. The van der Waals surface area contributed by atoms with Gasteiger partial charge < -0.3 is 9.47 Å². The summed E-state index contributed by atoms with van der Waals surface area (Å²) in [5.41, 5.74) is 0.305. The standard InChI is InChI=1S/C14H10ClFO3/c1-18-14-7-11(16)3-5-13(14)19-12-4-2-10(15)6-9(12)8-17/h2-8H,1H3. The molecular formula is C14H10ClFO3. The van der Waals surface area contributed by atoms with Crippen molar-refractivity contribution in [2.24, 2.45) is 0 Å². The van der Waals surface area contributed by atoms with Gasteiger partial charge in [-0.3, -0.25) is 4.79 Å². The van der Waals surface area contributed by atoms with E-state index in [1.54, 1.807) is 12.1 Å². The Morgan fingerprint density at radius 2 is 1.84 bits per heavy atom. The molecule has 0 saturated carbocycles. The fourth-order valence-electron chi connectivity index (χ4n) is 1.55. The zero-order chi connectivity index (χ0) is 13.8. The normalized spacial score (nSPS) is 10.1. The first-order valence-electron chi connectivity index (χ1n) is 5.40. The lowest BCUT2D eigenvalue weighted by Crippen LogP contribution is -1.94. The van der Waals surface area contributed by atoms with E-state index in [0.29, 0.717) is 28.4 Å². The SMILES string of the molecule is COc1cc(F)ccc1Oc1ccc(Cl)cc1C=O. The van der Waals surface area contributed by atoms with E-state index < -0.39 is 5.82 Å². The fourth-order valence-corrected chi connectivity index (χ4v) is 1.73. The second kappa shape index (κ2) is 5.71. The van der Waals surface area contributed by atoms with E-state index in [9.17, 15) is 9.18 Å². The predicted octanol–water partition coefficient (Wildman–Crippen LogP) is 4.09. The van der Waals surface area contributed by atoms with Gasteiger partial charge in [0, 0.05) is 11.1 Å². The molecule has 0 N–H and O–H groups in total. The van der Waals surface area contributed by atoms with E-state index in [1.807, 2.05) is 0 Å². The van der Waals surface area contributed by atoms with Crippen LogP contribution < -0.4 is 9.47 Å². The van der Waals surface area contributed by atoms with Gasteiger partial charge in [0.05, 0.1) is 12.7 Å². The van der Waals surface area contributed by atoms with E-state index >= 15 is 0 Å². The number of rotatable bonds is 4. The quantitative estimate of drug-likeness (QED) is 0.791. The topological polar surface area (TPSA) is 35.5 Å². The highest BCUT2D eigenvalue weighted by atomic mass is 35.5. The number of ether oxygens (including phenoxy) is 2. The predicted molar refractivity (Wildman–Crippen MR) is 69.9 cm³/mol. The maximum absolute atomic E-state index is 13.1. The van der Waals surface area contributed by atoms with Gasteiger partial charge in [0.25, 0.3) is 0 Å². The molecule has 0 aromatic heterocycles. The third kappa shape index (κ3) is 3.03. The van der Waals surface area contributed by atoms with Crippen LogP contribution in [0.4, 0.5) is 4.39 Å². The molecule has 2 aromatic carbocycles. The molecule has 5 heteroatoms. The van der Waals surface area contributed by atoms with Crippen molar-refractivity contribution in [1.29, 1.82) is 0 Å². The first kappa shape index (κ1) is 13.4. The van der Waals surface area contributed by atoms with Gasteiger partial charge in [-0.05, 0) is 30.3 Å². The van der Waals surface area contributed by atoms with E-state index in [-0.39, 0.29) is 5.75 Å². The van der Waals surface area contributed by atoms with Crippen LogP contribution in [-0.2, 0) is 0 Å². The Balaban J connectivity index is 2.38. The third-order valence-corrected chi connectivity index (χ3v) is 2.68. The van der Waals surface area contributed by atoms with Gasteiger partial charge in [0.2, 0.25) is 0 Å². The molecule has 0 saturated heterocycles. The molecule has 0 radical (unpaired) electrons. The van der Waals surface area contributed by atoms with Crippen LogP contribution in [0.15, 0.2) is 36.4 Å². The van der Waals surface area contributed by atoms with Crippen LogP contribution in [0.2, 0.25) is 5.02 Å². The van der Waals surface area contributed by atoms with Crippen molar-refractivity contribution in [2.45, 2.75) is 0 Å². The van der Waals surface area contributed by atoms with Crippen molar-refractivity contribution in [3.8, 4) is 17.2 Å². The zero-order valence-electron chi connectivity index (χ0n) is 10.0. The summed E-state index contributed by atoms with van der Waals surface area (Å²) >= 11 is 5.79. The minimum absolute atomic E-state index is 0.242. The number of hydrogen-bond donors (Lipinski definition) is 0. The molecule has 0 aliphatic carbocycles. The summed E-state index contributed by atoms with van der Waals surface area (Å²) in [4.78, 5) is 10.9. The summed E-state index contributed by atoms with van der Waals surface area (Å²) in [7, 11) is 1.41. The summed E-state index contributed by atoms with van der Waals surface area (Å²) in [5, 5.41) is 0.431. The molecule has 3 nitrogen and oxygen atoms in total. The van der Waals surface area contributed by atoms with Crippen molar-refractivity contribution in [3.05, 3.63) is 52.8 Å². The zero-order valence-corrected chi connectivity index (χ0v) is 10.8. The number of carbonyl (C=O) groups excluding carboxylic acids is 1. The first-order valence-corrected chi connectivity index (χ1v) is 5.78. The van der Waals surface area contributed by atoms with Crippen LogP contribution in [0.3, 0.4) is 0 Å². The Kier molecular flexibility index (Phi) is 4.02. The van der Waals surface area contributed by atoms with Gasteiger partial charge in [0.15, 0.2) is 17.8 Å². The Labute approximate surface area is 114 Å². The van der Waals surface area contributed by atoms with Crippen LogP contribution >= 0.6 is 11.6 Å². The Morgan fingerprint density at radius 3 is 2.53 bits per heavy atom. The molecule has 0 amide bonds. The molecular weight excluding hydrogens is 271 g/mol. The third-order valence-electron chi connectivity index (χ3n) is 2.44. The average molecular weight is 281 g/mol. The minimum Gasteiger partial charge on any atom is -0.493 e. The lowest BCUT2D eigenvalue weighted by Gasteiger charge is -2.11. The van der Waals surface area contributed by atoms with Crippen LogP contribution in [-0.4, -0.2) is 13.4 Å². The maximum atomic E-state index is 13.1. The largest absolute Gasteiger partial charge is 0.493 e. The Hall–Kier alpha value is -2.07. The molecule has 0 aliphatic rings. The summed E-state index contributed by atoms with van der Waals surface area (Å²) < 4.78 is 23.6. The van der Waals surface area contributed by atoms with Gasteiger partial charge in [-0.15, -0.1) is 0 Å². The van der Waals surface area contributed by atoms with Gasteiger partial charge in [-0.1, -0.05) is 11.6 Å². The number of carbonyl (C=O) groups is 1. The molecule has 2 rings (SSSR count). The van der Waals surface area contributed by atoms with Crippen LogP contribution in [0.1, 0.15) is 10.4 Å².